The van der Waals surface area contributed by atoms with Gasteiger partial charge in [-0.15, -0.1) is 0 Å². The molecule has 0 saturated heterocycles. The average molecular weight is 638 g/mol. The molecule has 2 aliphatic heterocycles. The topological polar surface area (TPSA) is 122 Å². The van der Waals surface area contributed by atoms with Crippen molar-refractivity contribution in [1.29, 1.82) is 0 Å². The van der Waals surface area contributed by atoms with Gasteiger partial charge in [0.2, 0.25) is 0 Å². The minimum Gasteiger partial charge on any atom is -0.465 e. The highest BCUT2D eigenvalue weighted by Crippen LogP contribution is 2.32. The van der Waals surface area contributed by atoms with Crippen molar-refractivity contribution in [3.05, 3.63) is 110 Å². The molecular formula is C32H30ClF2N5O5. The van der Waals surface area contributed by atoms with E-state index in [0.717, 1.165) is 5.01 Å². The monoisotopic (exact) mass is 637 g/mol. The Hall–Kier alpha value is -4.97. The van der Waals surface area contributed by atoms with Crippen molar-refractivity contribution in [1.82, 2.24) is 25.6 Å². The van der Waals surface area contributed by atoms with E-state index in [1.807, 2.05) is 6.92 Å². The second kappa shape index (κ2) is 12.9. The molecular weight excluding hydrogens is 608 g/mol. The Morgan fingerprint density at radius 3 is 2.36 bits per heavy atom. The molecule has 2 heterocycles. The van der Waals surface area contributed by atoms with E-state index in [4.69, 9.17) is 11.6 Å². The number of carbonyl (C=O) groups excluding carboxylic acids is 3. The molecule has 0 aromatic heterocycles. The quantitative estimate of drug-likeness (QED) is 0.256. The third-order valence-electron chi connectivity index (χ3n) is 8.01. The molecule has 1 atom stereocenters. The molecule has 0 aliphatic carbocycles. The summed E-state index contributed by atoms with van der Waals surface area (Å²) in [6.07, 6.45) is 0.937. The first-order valence-corrected chi connectivity index (χ1v) is 14.6. The van der Waals surface area contributed by atoms with Gasteiger partial charge in [0, 0.05) is 19.6 Å². The second-order valence-corrected chi connectivity index (χ2v) is 11.0. The minimum absolute atomic E-state index is 0.00400. The molecule has 0 fully saturated rings. The molecule has 0 radical (unpaired) electrons. The van der Waals surface area contributed by atoms with E-state index in [2.05, 4.69) is 10.6 Å². The first-order chi connectivity index (χ1) is 21.5. The number of amides is 5. The van der Waals surface area contributed by atoms with Crippen molar-refractivity contribution < 1.29 is 33.1 Å². The Bertz CT molecular complexity index is 1700. The number of carbonyl (C=O) groups is 4. The van der Waals surface area contributed by atoms with Crippen LogP contribution in [-0.4, -0.2) is 57.1 Å². The Kier molecular flexibility index (Phi) is 9.05. The predicted octanol–water partition coefficient (Wildman–Crippen LogP) is 5.76. The maximum Gasteiger partial charge on any atom is 0.410 e. The maximum absolute atomic E-state index is 15.3. The Labute approximate surface area is 262 Å². The van der Waals surface area contributed by atoms with Crippen LogP contribution in [0.1, 0.15) is 62.7 Å². The van der Waals surface area contributed by atoms with E-state index in [9.17, 15) is 28.7 Å². The Morgan fingerprint density at radius 1 is 1.02 bits per heavy atom. The third kappa shape index (κ3) is 6.18. The van der Waals surface area contributed by atoms with Crippen molar-refractivity contribution in [3.63, 3.8) is 0 Å². The van der Waals surface area contributed by atoms with E-state index < -0.39 is 29.8 Å². The number of hydrazine groups is 1. The van der Waals surface area contributed by atoms with Crippen molar-refractivity contribution in [3.8, 4) is 0 Å². The van der Waals surface area contributed by atoms with Crippen molar-refractivity contribution in [2.24, 2.45) is 0 Å². The summed E-state index contributed by atoms with van der Waals surface area (Å²) in [5.74, 6) is -1.93. The van der Waals surface area contributed by atoms with Crippen LogP contribution >= 0.6 is 11.6 Å². The van der Waals surface area contributed by atoms with Crippen LogP contribution in [0.2, 0.25) is 5.02 Å². The van der Waals surface area contributed by atoms with E-state index in [1.54, 1.807) is 36.4 Å². The fraction of sp³-hybridized carbons (Fsp3) is 0.250. The van der Waals surface area contributed by atoms with Crippen LogP contribution in [0.4, 0.5) is 18.4 Å². The van der Waals surface area contributed by atoms with Crippen LogP contribution in [0.5, 0.6) is 0 Å². The van der Waals surface area contributed by atoms with Crippen molar-refractivity contribution >= 4 is 41.6 Å². The van der Waals surface area contributed by atoms with Gasteiger partial charge in [0.1, 0.15) is 17.5 Å². The summed E-state index contributed by atoms with van der Waals surface area (Å²) in [6, 6.07) is 12.6. The smallest absolute Gasteiger partial charge is 0.410 e. The molecule has 13 heteroatoms. The number of rotatable bonds is 9. The fourth-order valence-corrected chi connectivity index (χ4v) is 5.83. The highest BCUT2D eigenvalue weighted by atomic mass is 35.5. The number of halogens is 3. The lowest BCUT2D eigenvalue weighted by Gasteiger charge is -2.38. The van der Waals surface area contributed by atoms with E-state index in [-0.39, 0.29) is 48.6 Å². The third-order valence-corrected chi connectivity index (χ3v) is 8.43. The van der Waals surface area contributed by atoms with Crippen molar-refractivity contribution in [2.45, 2.75) is 45.3 Å². The molecule has 45 heavy (non-hydrogen) atoms. The van der Waals surface area contributed by atoms with Gasteiger partial charge in [0.05, 0.1) is 22.7 Å². The number of hydrogen-bond acceptors (Lipinski definition) is 5. The molecule has 0 saturated carbocycles. The van der Waals surface area contributed by atoms with E-state index in [1.165, 1.54) is 41.2 Å². The molecule has 5 rings (SSSR count). The number of carboxylic acid groups (broad SMARTS) is 1. The van der Waals surface area contributed by atoms with Crippen LogP contribution in [0.25, 0.3) is 6.08 Å². The Morgan fingerprint density at radius 2 is 1.71 bits per heavy atom. The number of fused-ring (bicyclic) bond motifs is 2. The van der Waals surface area contributed by atoms with E-state index in [0.29, 0.717) is 39.8 Å². The van der Waals surface area contributed by atoms with Gasteiger partial charge in [-0.1, -0.05) is 48.9 Å². The summed E-state index contributed by atoms with van der Waals surface area (Å²) in [4.78, 5) is 52.1. The van der Waals surface area contributed by atoms with Gasteiger partial charge in [-0.25, -0.2) is 23.4 Å². The second-order valence-electron chi connectivity index (χ2n) is 10.6. The molecule has 10 nitrogen and oxygen atoms in total. The molecule has 2 aliphatic rings. The average Bonchev–Trinajstić information content (AvgIpc) is 3.27. The predicted molar refractivity (Wildman–Crippen MR) is 162 cm³/mol. The number of nitrogens with one attached hydrogen (secondary N) is 2. The van der Waals surface area contributed by atoms with Gasteiger partial charge in [0.25, 0.3) is 11.8 Å². The molecule has 3 aromatic carbocycles. The number of nitrogens with zero attached hydrogens (tertiary/aromatic N) is 3. The first-order valence-electron chi connectivity index (χ1n) is 14.2. The normalized spacial score (nSPS) is 14.5. The summed E-state index contributed by atoms with van der Waals surface area (Å²) in [7, 11) is 1.42. The molecule has 234 valence electrons. The SMILES string of the molecule is CC[C@@H](CCc1c(F)ccc2c1C=C(NC(=O)O)N(N(C)C(=O)NCc1cccc(F)c1Cl)C2)N1C(=O)c2ccccc2C1=O. The van der Waals surface area contributed by atoms with Gasteiger partial charge in [-0.2, -0.15) is 0 Å². The number of urea groups is 1. The highest BCUT2D eigenvalue weighted by molar-refractivity contribution is 6.31. The lowest BCUT2D eigenvalue weighted by Crippen LogP contribution is -2.51. The summed E-state index contributed by atoms with van der Waals surface area (Å²) in [6.45, 7) is 1.77. The van der Waals surface area contributed by atoms with Crippen molar-refractivity contribution in [2.75, 3.05) is 7.05 Å². The Balaban J connectivity index is 1.37. The molecule has 3 aromatic rings. The molecule has 0 spiro atoms. The van der Waals surface area contributed by atoms with Gasteiger partial charge >= 0.3 is 12.1 Å². The minimum atomic E-state index is -1.40. The zero-order valence-electron chi connectivity index (χ0n) is 24.4. The van der Waals surface area contributed by atoms with E-state index >= 15 is 4.39 Å². The first kappa shape index (κ1) is 31.5. The van der Waals surface area contributed by atoms with Crippen LogP contribution in [-0.2, 0) is 19.5 Å². The molecule has 5 amide bonds. The van der Waals surface area contributed by atoms with Gasteiger partial charge < -0.3 is 10.4 Å². The fourth-order valence-electron chi connectivity index (χ4n) is 5.64. The molecule has 0 unspecified atom stereocenters. The summed E-state index contributed by atoms with van der Waals surface area (Å²) in [5, 5.41) is 16.9. The summed E-state index contributed by atoms with van der Waals surface area (Å²) in [5.41, 5.74) is 2.37. The molecule has 3 N–H and O–H groups in total. The summed E-state index contributed by atoms with van der Waals surface area (Å²) >= 11 is 5.99. The van der Waals surface area contributed by atoms with Gasteiger partial charge in [-0.3, -0.25) is 24.8 Å². The standard InChI is InChI=1S/C32H30ClF2N5O5/c1-3-20(40-29(41)22-8-4-5-9-23(22)30(40)42)12-13-21-24-15-27(37-32(44)45)39(17-19(24)11-14-25(21)34)38(2)31(43)36-16-18-7-6-10-26(35)28(18)33/h4-11,14-15,20,37H,3,12-13,16-17H2,1-2H3,(H,36,43)(H,44,45)/t20-/m0/s1. The van der Waals surface area contributed by atoms with Crippen LogP contribution in [0.3, 0.4) is 0 Å². The van der Waals surface area contributed by atoms with Crippen LogP contribution in [0.15, 0.2) is 60.4 Å². The zero-order chi connectivity index (χ0) is 32.4. The lowest BCUT2D eigenvalue weighted by atomic mass is 9.92. The van der Waals surface area contributed by atoms with Gasteiger partial charge in [0.15, 0.2) is 0 Å². The van der Waals surface area contributed by atoms with Crippen LogP contribution in [0, 0.1) is 11.6 Å². The number of hydrogen-bond donors (Lipinski definition) is 3. The zero-order valence-corrected chi connectivity index (χ0v) is 25.2. The number of imide groups is 1. The lowest BCUT2D eigenvalue weighted by molar-refractivity contribution is 0.0539. The van der Waals surface area contributed by atoms with Crippen LogP contribution < -0.4 is 10.6 Å². The maximum atomic E-state index is 15.3. The van der Waals surface area contributed by atoms with Gasteiger partial charge in [-0.05, 0) is 71.9 Å². The largest absolute Gasteiger partial charge is 0.465 e. The number of benzene rings is 3. The highest BCUT2D eigenvalue weighted by Gasteiger charge is 2.39. The molecule has 0 bridgehead atoms. The summed E-state index contributed by atoms with van der Waals surface area (Å²) < 4.78 is 29.2.